The van der Waals surface area contributed by atoms with Crippen molar-refractivity contribution in [3.05, 3.63) is 28.3 Å². The van der Waals surface area contributed by atoms with Crippen LogP contribution in [-0.2, 0) is 5.41 Å². The van der Waals surface area contributed by atoms with Crippen LogP contribution in [0, 0.1) is 13.8 Å². The molecule has 146 valence electrons. The molecule has 0 radical (unpaired) electrons. The molecule has 0 unspecified atom stereocenters. The van der Waals surface area contributed by atoms with Crippen molar-refractivity contribution in [2.75, 3.05) is 0 Å². The highest BCUT2D eigenvalue weighted by atomic mass is 28.2. The summed E-state index contributed by atoms with van der Waals surface area (Å²) in [6.45, 7) is 17.4. The summed E-state index contributed by atoms with van der Waals surface area (Å²) in [6.07, 6.45) is -1.11. The second kappa shape index (κ2) is 7.43. The van der Waals surface area contributed by atoms with E-state index in [9.17, 15) is 14.7 Å². The van der Waals surface area contributed by atoms with Gasteiger partial charge in [0.15, 0.2) is 5.78 Å². The van der Waals surface area contributed by atoms with Crippen LogP contribution in [0.15, 0.2) is 6.07 Å². The molecule has 1 rings (SSSR count). The van der Waals surface area contributed by atoms with Crippen LogP contribution in [0.25, 0.3) is 0 Å². The number of benzene rings is 1. The van der Waals surface area contributed by atoms with Crippen LogP contribution in [-0.4, -0.2) is 43.9 Å². The van der Waals surface area contributed by atoms with E-state index in [0.29, 0.717) is 21.8 Å². The van der Waals surface area contributed by atoms with Gasteiger partial charge in [-0.25, -0.2) is 4.79 Å². The van der Waals surface area contributed by atoms with E-state index in [1.165, 1.54) is 10.5 Å². The van der Waals surface area contributed by atoms with Gasteiger partial charge in [0.05, 0.1) is 11.6 Å². The van der Waals surface area contributed by atoms with Crippen LogP contribution in [0.2, 0.25) is 0 Å². The molecule has 6 heteroatoms. The van der Waals surface area contributed by atoms with E-state index in [1.807, 2.05) is 19.9 Å². The van der Waals surface area contributed by atoms with Gasteiger partial charge in [-0.1, -0.05) is 20.8 Å². The standard InChI is InChI=1S/C20H33NO4Si/c1-11-10-14(17(25-26)12(2)15(11)19(4,5)6)16(22)13(3)21(18(23)24)20(7,8)9/h10,13H,1-9,26H3,(H,23,24)/t13-/m0/s1. The quantitative estimate of drug-likeness (QED) is 0.641. The third-order valence-corrected chi connectivity index (χ3v) is 5.04. The summed E-state index contributed by atoms with van der Waals surface area (Å²) in [7, 11) is 0.450. The molecule has 1 atom stereocenters. The SMILES string of the molecule is Cc1cc(C(=O)[C@H](C)N(C(=O)O)C(C)(C)C)c(O[SiH3])c(C)c1C(C)(C)C. The van der Waals surface area contributed by atoms with Crippen LogP contribution in [0.5, 0.6) is 5.75 Å². The zero-order valence-corrected chi connectivity index (χ0v) is 19.8. The molecule has 0 aromatic heterocycles. The van der Waals surface area contributed by atoms with E-state index in [0.717, 1.165) is 11.1 Å². The number of carboxylic acid groups (broad SMARTS) is 1. The number of nitrogens with zero attached hydrogens (tertiary/aromatic N) is 1. The Hall–Kier alpha value is -1.82. The molecule has 0 aliphatic rings. The summed E-state index contributed by atoms with van der Waals surface area (Å²) in [5.41, 5.74) is 2.85. The molecule has 26 heavy (non-hydrogen) atoms. The van der Waals surface area contributed by atoms with Gasteiger partial charge < -0.3 is 9.53 Å². The number of hydrogen-bond acceptors (Lipinski definition) is 3. The molecule has 1 aromatic carbocycles. The smallest absolute Gasteiger partial charge is 0.408 e. The second-order valence-electron chi connectivity index (χ2n) is 8.89. The molecule has 0 saturated heterocycles. The minimum atomic E-state index is -1.11. The van der Waals surface area contributed by atoms with E-state index in [2.05, 4.69) is 20.8 Å². The Balaban J connectivity index is 3.57. The van der Waals surface area contributed by atoms with Crippen LogP contribution < -0.4 is 4.43 Å². The average Bonchev–Trinajstić information content (AvgIpc) is 2.42. The van der Waals surface area contributed by atoms with E-state index in [1.54, 1.807) is 27.7 Å². The van der Waals surface area contributed by atoms with Gasteiger partial charge in [-0.3, -0.25) is 9.69 Å². The highest BCUT2D eigenvalue weighted by Gasteiger charge is 2.36. The van der Waals surface area contributed by atoms with Gasteiger partial charge in [0.2, 0.25) is 10.5 Å². The first kappa shape index (κ1) is 22.2. The van der Waals surface area contributed by atoms with Gasteiger partial charge >= 0.3 is 6.09 Å². The molecule has 0 aliphatic heterocycles. The fraction of sp³-hybridized carbons (Fsp3) is 0.600. The monoisotopic (exact) mass is 379 g/mol. The predicted molar refractivity (Wildman–Crippen MR) is 109 cm³/mol. The maximum Gasteiger partial charge on any atom is 0.408 e. The number of carbonyl (C=O) groups excluding carboxylic acids is 1. The Morgan fingerprint density at radius 1 is 1.15 bits per heavy atom. The van der Waals surface area contributed by atoms with Crippen LogP contribution in [0.3, 0.4) is 0 Å². The number of hydrogen-bond donors (Lipinski definition) is 1. The van der Waals surface area contributed by atoms with Crippen LogP contribution in [0.1, 0.15) is 75.5 Å². The lowest BCUT2D eigenvalue weighted by atomic mass is 9.79. The third-order valence-electron chi connectivity index (χ3n) is 4.63. The largest absolute Gasteiger partial charge is 0.552 e. The topological polar surface area (TPSA) is 66.8 Å². The van der Waals surface area contributed by atoms with Gasteiger partial charge in [-0.05, 0) is 69.7 Å². The lowest BCUT2D eigenvalue weighted by Gasteiger charge is -2.37. The van der Waals surface area contributed by atoms with Crippen molar-refractivity contribution >= 4 is 22.4 Å². The van der Waals surface area contributed by atoms with Crippen LogP contribution in [0.4, 0.5) is 4.79 Å². The van der Waals surface area contributed by atoms with Gasteiger partial charge in [0.25, 0.3) is 0 Å². The molecular weight excluding hydrogens is 346 g/mol. The Labute approximate surface area is 160 Å². The van der Waals surface area contributed by atoms with Crippen molar-refractivity contribution in [1.29, 1.82) is 0 Å². The summed E-state index contributed by atoms with van der Waals surface area (Å²) in [6, 6.07) is 1.05. The van der Waals surface area contributed by atoms with Gasteiger partial charge in [0.1, 0.15) is 5.75 Å². The Bertz CT molecular complexity index is 714. The van der Waals surface area contributed by atoms with Crippen molar-refractivity contribution < 1.29 is 19.1 Å². The lowest BCUT2D eigenvalue weighted by Crippen LogP contribution is -2.53. The number of Topliss-reactive ketones (excluding diaryl/α,β-unsaturated/α-hetero) is 1. The first-order chi connectivity index (χ1) is 11.6. The van der Waals surface area contributed by atoms with E-state index >= 15 is 0 Å². The highest BCUT2D eigenvalue weighted by Crippen LogP contribution is 2.37. The van der Waals surface area contributed by atoms with E-state index < -0.39 is 17.7 Å². The average molecular weight is 380 g/mol. The number of carbonyl (C=O) groups is 2. The lowest BCUT2D eigenvalue weighted by molar-refractivity contribution is 0.0587. The summed E-state index contributed by atoms with van der Waals surface area (Å²) in [5, 5.41) is 9.61. The van der Waals surface area contributed by atoms with Crippen molar-refractivity contribution in [3.8, 4) is 5.75 Å². The highest BCUT2D eigenvalue weighted by molar-refractivity contribution is 6.07. The zero-order valence-electron chi connectivity index (χ0n) is 17.8. The Morgan fingerprint density at radius 3 is 2.00 bits per heavy atom. The summed E-state index contributed by atoms with van der Waals surface area (Å²) in [5.74, 6) is 0.350. The molecule has 0 fully saturated rings. The van der Waals surface area contributed by atoms with Crippen LogP contribution >= 0.6 is 0 Å². The minimum absolute atomic E-state index is 0.0747. The molecular formula is C20H33NO4Si. The van der Waals surface area contributed by atoms with Crippen molar-refractivity contribution in [2.24, 2.45) is 0 Å². The van der Waals surface area contributed by atoms with Gasteiger partial charge in [0, 0.05) is 5.54 Å². The normalized spacial score (nSPS) is 13.4. The molecule has 0 aliphatic carbocycles. The fourth-order valence-electron chi connectivity index (χ4n) is 3.94. The van der Waals surface area contributed by atoms with E-state index in [4.69, 9.17) is 4.43 Å². The predicted octanol–water partition coefficient (Wildman–Crippen LogP) is 3.61. The molecule has 0 saturated carbocycles. The molecule has 0 heterocycles. The maximum absolute atomic E-state index is 13.2. The van der Waals surface area contributed by atoms with Gasteiger partial charge in [-0.15, -0.1) is 0 Å². The number of rotatable bonds is 4. The molecule has 1 N–H and O–H groups in total. The maximum atomic E-state index is 13.2. The molecule has 0 bridgehead atoms. The third kappa shape index (κ3) is 4.28. The van der Waals surface area contributed by atoms with Crippen molar-refractivity contribution in [1.82, 2.24) is 4.90 Å². The van der Waals surface area contributed by atoms with Crippen molar-refractivity contribution in [3.63, 3.8) is 0 Å². The zero-order chi connectivity index (χ0) is 20.6. The molecule has 1 aromatic rings. The first-order valence-electron chi connectivity index (χ1n) is 8.89. The number of amides is 1. The van der Waals surface area contributed by atoms with Crippen molar-refractivity contribution in [2.45, 2.75) is 79.3 Å². The Kier molecular flexibility index (Phi) is 6.35. The number of aryl methyl sites for hydroxylation is 1. The van der Waals surface area contributed by atoms with E-state index in [-0.39, 0.29) is 11.2 Å². The summed E-state index contributed by atoms with van der Waals surface area (Å²) in [4.78, 5) is 26.2. The fourth-order valence-corrected chi connectivity index (χ4v) is 4.47. The first-order valence-corrected chi connectivity index (χ1v) is 9.71. The summed E-state index contributed by atoms with van der Waals surface area (Å²) >= 11 is 0. The Morgan fingerprint density at radius 2 is 1.65 bits per heavy atom. The molecule has 5 nitrogen and oxygen atoms in total. The summed E-state index contributed by atoms with van der Waals surface area (Å²) < 4.78 is 5.72. The number of ketones is 1. The molecule has 1 amide bonds. The van der Waals surface area contributed by atoms with Gasteiger partial charge in [-0.2, -0.15) is 0 Å². The molecule has 0 spiro atoms. The second-order valence-corrected chi connectivity index (χ2v) is 9.30. The minimum Gasteiger partial charge on any atom is -0.552 e.